The number of anilines is 1. The predicted octanol–water partition coefficient (Wildman–Crippen LogP) is 1.75. The zero-order valence-electron chi connectivity index (χ0n) is 13.1. The number of halogens is 2. The second-order valence-corrected chi connectivity index (χ2v) is 5.21. The van der Waals surface area contributed by atoms with Crippen molar-refractivity contribution >= 4 is 36.4 Å². The first kappa shape index (κ1) is 20.2. The van der Waals surface area contributed by atoms with Crippen LogP contribution in [-0.4, -0.2) is 40.4 Å². The molecule has 1 fully saturated rings. The monoisotopic (exact) mass is 373 g/mol. The molecule has 1 aliphatic rings. The van der Waals surface area contributed by atoms with Crippen LogP contribution >= 0.6 is 24.8 Å². The summed E-state index contributed by atoms with van der Waals surface area (Å²) in [6.07, 6.45) is 4.03. The number of nitrogens with one attached hydrogen (secondary N) is 2. The highest BCUT2D eigenvalue weighted by Crippen LogP contribution is 2.19. The Balaban J connectivity index is 0.00000144. The summed E-state index contributed by atoms with van der Waals surface area (Å²) in [5.74, 6) is 0.837. The molecule has 0 radical (unpaired) electrons. The smallest absolute Gasteiger partial charge is 0.228 e. The molecule has 2 aromatic rings. The molecule has 1 saturated heterocycles. The van der Waals surface area contributed by atoms with Gasteiger partial charge < -0.3 is 15.4 Å². The molecule has 24 heavy (non-hydrogen) atoms. The van der Waals surface area contributed by atoms with Crippen molar-refractivity contribution in [3.05, 3.63) is 36.9 Å². The zero-order valence-corrected chi connectivity index (χ0v) is 14.7. The molecule has 9 heteroatoms. The van der Waals surface area contributed by atoms with Crippen molar-refractivity contribution in [2.75, 3.05) is 25.0 Å². The first-order valence-electron chi connectivity index (χ1n) is 7.38. The van der Waals surface area contributed by atoms with Crippen molar-refractivity contribution in [2.24, 2.45) is 5.92 Å². The average molecular weight is 374 g/mol. The number of carbonyl (C=O) groups is 1. The Bertz CT molecular complexity index is 618. The molecule has 0 spiro atoms. The van der Waals surface area contributed by atoms with Crippen LogP contribution in [0.4, 0.5) is 5.69 Å². The minimum Gasteiger partial charge on any atom is -0.492 e. The molecule has 2 heterocycles. The van der Waals surface area contributed by atoms with Crippen LogP contribution < -0.4 is 15.4 Å². The van der Waals surface area contributed by atoms with Gasteiger partial charge in [0, 0.05) is 18.3 Å². The molecule has 0 saturated carbocycles. The topological polar surface area (TPSA) is 81.1 Å². The van der Waals surface area contributed by atoms with Gasteiger partial charge in [0.05, 0.1) is 12.5 Å². The minimum atomic E-state index is 0. The maximum atomic E-state index is 12.1. The summed E-state index contributed by atoms with van der Waals surface area (Å²) in [6, 6.07) is 7.44. The molecule has 1 atom stereocenters. The Kier molecular flexibility index (Phi) is 8.53. The third kappa shape index (κ3) is 5.67. The number of benzene rings is 1. The van der Waals surface area contributed by atoms with E-state index in [9.17, 15) is 4.79 Å². The third-order valence-electron chi connectivity index (χ3n) is 3.59. The van der Waals surface area contributed by atoms with Crippen LogP contribution in [0.25, 0.3) is 0 Å². The molecule has 1 amide bonds. The Hall–Kier alpha value is -1.83. The number of ether oxygens (including phenoxy) is 1. The zero-order chi connectivity index (χ0) is 15.2. The lowest BCUT2D eigenvalue weighted by Gasteiger charge is -2.11. The molecule has 7 nitrogen and oxygen atoms in total. The van der Waals surface area contributed by atoms with Gasteiger partial charge in [0.1, 0.15) is 25.0 Å². The molecule has 1 unspecified atom stereocenters. The lowest BCUT2D eigenvalue weighted by Crippen LogP contribution is -2.24. The predicted molar refractivity (Wildman–Crippen MR) is 96.1 cm³/mol. The van der Waals surface area contributed by atoms with E-state index in [0.717, 1.165) is 30.9 Å². The van der Waals surface area contributed by atoms with Crippen molar-refractivity contribution in [1.82, 2.24) is 20.1 Å². The summed E-state index contributed by atoms with van der Waals surface area (Å²) in [5.41, 5.74) is 0.759. The number of amides is 1. The van der Waals surface area contributed by atoms with Crippen molar-refractivity contribution < 1.29 is 9.53 Å². The quantitative estimate of drug-likeness (QED) is 0.805. The van der Waals surface area contributed by atoms with Crippen molar-refractivity contribution in [1.29, 1.82) is 0 Å². The molecule has 0 bridgehead atoms. The Labute approximate surface area is 153 Å². The second-order valence-electron chi connectivity index (χ2n) is 5.21. The Morgan fingerprint density at radius 3 is 3.00 bits per heavy atom. The number of hydrogen-bond donors (Lipinski definition) is 2. The van der Waals surface area contributed by atoms with E-state index in [0.29, 0.717) is 13.2 Å². The lowest BCUT2D eigenvalue weighted by atomic mass is 10.1. The van der Waals surface area contributed by atoms with Gasteiger partial charge >= 0.3 is 0 Å². The summed E-state index contributed by atoms with van der Waals surface area (Å²) in [7, 11) is 0. The highest BCUT2D eigenvalue weighted by molar-refractivity contribution is 5.93. The minimum absolute atomic E-state index is 0. The van der Waals surface area contributed by atoms with E-state index in [1.165, 1.54) is 6.33 Å². The van der Waals surface area contributed by atoms with E-state index >= 15 is 0 Å². The lowest BCUT2D eigenvalue weighted by molar-refractivity contribution is -0.119. The fourth-order valence-corrected chi connectivity index (χ4v) is 2.39. The van der Waals surface area contributed by atoms with Gasteiger partial charge in [0.15, 0.2) is 0 Å². The average Bonchev–Trinajstić information content (AvgIpc) is 3.21. The summed E-state index contributed by atoms with van der Waals surface area (Å²) in [6.45, 7) is 2.78. The normalized spacial score (nSPS) is 15.9. The first-order valence-corrected chi connectivity index (χ1v) is 7.38. The summed E-state index contributed by atoms with van der Waals surface area (Å²) >= 11 is 0. The number of hydrogen-bond acceptors (Lipinski definition) is 5. The SMILES string of the molecule is Cl.Cl.O=C(Nc1cccc(OCCn2cncn2)c1)C1CCNC1. The van der Waals surface area contributed by atoms with Gasteiger partial charge in [-0.05, 0) is 25.1 Å². The number of carbonyl (C=O) groups excluding carboxylic acids is 1. The molecular formula is C15H21Cl2N5O2. The van der Waals surface area contributed by atoms with Gasteiger partial charge in [-0.2, -0.15) is 5.10 Å². The molecule has 0 aliphatic carbocycles. The van der Waals surface area contributed by atoms with Gasteiger partial charge in [0.2, 0.25) is 5.91 Å². The van der Waals surface area contributed by atoms with Gasteiger partial charge in [-0.25, -0.2) is 9.67 Å². The molecule has 2 N–H and O–H groups in total. The highest BCUT2D eigenvalue weighted by Gasteiger charge is 2.22. The molecule has 1 aromatic heterocycles. The van der Waals surface area contributed by atoms with Gasteiger partial charge in [-0.1, -0.05) is 6.07 Å². The van der Waals surface area contributed by atoms with Crippen LogP contribution in [0.3, 0.4) is 0 Å². The van der Waals surface area contributed by atoms with Crippen molar-refractivity contribution in [2.45, 2.75) is 13.0 Å². The summed E-state index contributed by atoms with van der Waals surface area (Å²) in [4.78, 5) is 16.0. The molecule has 132 valence electrons. The third-order valence-corrected chi connectivity index (χ3v) is 3.59. The number of nitrogens with zero attached hydrogens (tertiary/aromatic N) is 3. The summed E-state index contributed by atoms with van der Waals surface area (Å²) < 4.78 is 7.38. The van der Waals surface area contributed by atoms with Crippen LogP contribution in [0, 0.1) is 5.92 Å². The number of aromatic nitrogens is 3. The van der Waals surface area contributed by atoms with Crippen molar-refractivity contribution in [3.8, 4) is 5.75 Å². The number of rotatable bonds is 6. The van der Waals surface area contributed by atoms with E-state index in [1.807, 2.05) is 24.3 Å². The highest BCUT2D eigenvalue weighted by atomic mass is 35.5. The second kappa shape index (κ2) is 10.1. The first-order chi connectivity index (χ1) is 10.8. The van der Waals surface area contributed by atoms with Gasteiger partial charge in [-0.3, -0.25) is 4.79 Å². The van der Waals surface area contributed by atoms with Crippen LogP contribution in [0.5, 0.6) is 5.75 Å². The van der Waals surface area contributed by atoms with E-state index in [4.69, 9.17) is 4.74 Å². The Morgan fingerprint density at radius 1 is 1.42 bits per heavy atom. The Morgan fingerprint density at radius 2 is 2.29 bits per heavy atom. The van der Waals surface area contributed by atoms with Gasteiger partial charge in [-0.15, -0.1) is 24.8 Å². The maximum absolute atomic E-state index is 12.1. The molecule has 1 aromatic carbocycles. The molecular weight excluding hydrogens is 353 g/mol. The molecule has 1 aliphatic heterocycles. The fourth-order valence-electron chi connectivity index (χ4n) is 2.39. The van der Waals surface area contributed by atoms with Crippen LogP contribution in [0.1, 0.15) is 6.42 Å². The standard InChI is InChI=1S/C15H19N5O2.2ClH/c21-15(12-4-5-16-9-12)19-13-2-1-3-14(8-13)22-7-6-20-11-17-10-18-20;;/h1-3,8,10-12,16H,4-7,9H2,(H,19,21);2*1H. The van der Waals surface area contributed by atoms with E-state index in [2.05, 4.69) is 20.7 Å². The maximum Gasteiger partial charge on any atom is 0.228 e. The summed E-state index contributed by atoms with van der Waals surface area (Å²) in [5, 5.41) is 10.1. The van der Waals surface area contributed by atoms with Gasteiger partial charge in [0.25, 0.3) is 0 Å². The fraction of sp³-hybridized carbons (Fsp3) is 0.400. The van der Waals surface area contributed by atoms with Crippen LogP contribution in [-0.2, 0) is 11.3 Å². The molecule has 3 rings (SSSR count). The largest absolute Gasteiger partial charge is 0.492 e. The van der Waals surface area contributed by atoms with Crippen LogP contribution in [0.15, 0.2) is 36.9 Å². The van der Waals surface area contributed by atoms with Crippen molar-refractivity contribution in [3.63, 3.8) is 0 Å². The van der Waals surface area contributed by atoms with Crippen LogP contribution in [0.2, 0.25) is 0 Å². The van der Waals surface area contributed by atoms with E-state index < -0.39 is 0 Å². The van der Waals surface area contributed by atoms with E-state index in [1.54, 1.807) is 11.0 Å². The van der Waals surface area contributed by atoms with E-state index in [-0.39, 0.29) is 36.6 Å².